The van der Waals surface area contributed by atoms with E-state index in [4.69, 9.17) is 0 Å². The highest BCUT2D eigenvalue weighted by Gasteiger charge is 2.14. The van der Waals surface area contributed by atoms with Gasteiger partial charge in [0.2, 0.25) is 0 Å². The highest BCUT2D eigenvalue weighted by molar-refractivity contribution is 5.99. The van der Waals surface area contributed by atoms with Crippen molar-refractivity contribution in [1.82, 2.24) is 4.98 Å². The number of ketones is 2. The first-order valence-corrected chi connectivity index (χ1v) is 5.48. The van der Waals surface area contributed by atoms with Crippen LogP contribution in [0.3, 0.4) is 0 Å². The van der Waals surface area contributed by atoms with E-state index in [-0.39, 0.29) is 23.4 Å². The SMILES string of the molecule is CC(C)C(=O)c1ccc(C(=O)C(C)C)nc1. The van der Waals surface area contributed by atoms with Crippen LogP contribution in [0.25, 0.3) is 0 Å². The van der Waals surface area contributed by atoms with Crippen molar-refractivity contribution in [3.05, 3.63) is 29.6 Å². The average molecular weight is 219 g/mol. The summed E-state index contributed by atoms with van der Waals surface area (Å²) < 4.78 is 0. The van der Waals surface area contributed by atoms with Gasteiger partial charge in [0.25, 0.3) is 0 Å². The summed E-state index contributed by atoms with van der Waals surface area (Å²) in [6.07, 6.45) is 1.48. The summed E-state index contributed by atoms with van der Waals surface area (Å²) in [5.74, 6) is -0.0628. The summed E-state index contributed by atoms with van der Waals surface area (Å²) in [4.78, 5) is 27.3. The molecule has 0 aromatic carbocycles. The van der Waals surface area contributed by atoms with Gasteiger partial charge in [-0.1, -0.05) is 27.7 Å². The molecule has 1 rings (SSSR count). The smallest absolute Gasteiger partial charge is 0.183 e. The third kappa shape index (κ3) is 2.75. The lowest BCUT2D eigenvalue weighted by Gasteiger charge is -2.06. The van der Waals surface area contributed by atoms with Crippen LogP contribution in [0.15, 0.2) is 18.3 Å². The van der Waals surface area contributed by atoms with E-state index in [1.165, 1.54) is 6.20 Å². The van der Waals surface area contributed by atoms with Gasteiger partial charge in [0.05, 0.1) is 0 Å². The number of nitrogens with zero attached hydrogens (tertiary/aromatic N) is 1. The van der Waals surface area contributed by atoms with Gasteiger partial charge in [0, 0.05) is 23.6 Å². The van der Waals surface area contributed by atoms with Crippen LogP contribution in [0.2, 0.25) is 0 Å². The lowest BCUT2D eigenvalue weighted by Crippen LogP contribution is -2.12. The quantitative estimate of drug-likeness (QED) is 0.731. The van der Waals surface area contributed by atoms with Crippen molar-refractivity contribution < 1.29 is 9.59 Å². The van der Waals surface area contributed by atoms with Crippen molar-refractivity contribution in [3.8, 4) is 0 Å². The third-order valence-corrected chi connectivity index (χ3v) is 2.35. The number of carbonyl (C=O) groups is 2. The molecule has 0 atom stereocenters. The number of pyridine rings is 1. The van der Waals surface area contributed by atoms with Crippen LogP contribution in [0.5, 0.6) is 0 Å². The number of hydrogen-bond acceptors (Lipinski definition) is 3. The molecule has 0 aliphatic rings. The number of aromatic nitrogens is 1. The van der Waals surface area contributed by atoms with E-state index >= 15 is 0 Å². The maximum atomic E-state index is 11.6. The number of hydrogen-bond donors (Lipinski definition) is 0. The fraction of sp³-hybridized carbons (Fsp3) is 0.462. The van der Waals surface area contributed by atoms with Crippen LogP contribution >= 0.6 is 0 Å². The monoisotopic (exact) mass is 219 g/mol. The molecule has 0 saturated carbocycles. The van der Waals surface area contributed by atoms with E-state index in [9.17, 15) is 9.59 Å². The second kappa shape index (κ2) is 5.01. The zero-order chi connectivity index (χ0) is 12.3. The minimum atomic E-state index is -0.0702. The molecule has 0 aliphatic heterocycles. The molecule has 1 aromatic heterocycles. The Labute approximate surface area is 95.9 Å². The predicted molar refractivity (Wildman–Crippen MR) is 62.6 cm³/mol. The Morgan fingerprint density at radius 3 is 1.94 bits per heavy atom. The predicted octanol–water partition coefficient (Wildman–Crippen LogP) is 2.76. The maximum Gasteiger partial charge on any atom is 0.183 e. The van der Waals surface area contributed by atoms with Gasteiger partial charge in [-0.2, -0.15) is 0 Å². The topological polar surface area (TPSA) is 47.0 Å². The van der Waals surface area contributed by atoms with E-state index in [1.54, 1.807) is 12.1 Å². The summed E-state index contributed by atoms with van der Waals surface area (Å²) in [5.41, 5.74) is 0.991. The van der Waals surface area contributed by atoms with Gasteiger partial charge < -0.3 is 0 Å². The van der Waals surface area contributed by atoms with Gasteiger partial charge >= 0.3 is 0 Å². The van der Waals surface area contributed by atoms with Gasteiger partial charge in [-0.15, -0.1) is 0 Å². The molecule has 0 N–H and O–H groups in total. The van der Waals surface area contributed by atoms with Gasteiger partial charge in [0.15, 0.2) is 11.6 Å². The standard InChI is InChI=1S/C13H17NO2/c1-8(2)12(15)10-5-6-11(14-7-10)13(16)9(3)4/h5-9H,1-4H3. The molecule has 0 aliphatic carbocycles. The highest BCUT2D eigenvalue weighted by Crippen LogP contribution is 2.10. The fourth-order valence-electron chi connectivity index (χ4n) is 1.31. The summed E-state index contributed by atoms with van der Waals surface area (Å²) in [5, 5.41) is 0. The van der Waals surface area contributed by atoms with Crippen molar-refractivity contribution >= 4 is 11.6 Å². The van der Waals surface area contributed by atoms with Crippen molar-refractivity contribution in [3.63, 3.8) is 0 Å². The first kappa shape index (κ1) is 12.6. The molecule has 3 nitrogen and oxygen atoms in total. The second-order valence-electron chi connectivity index (χ2n) is 4.47. The molecule has 3 heteroatoms. The first-order valence-electron chi connectivity index (χ1n) is 5.48. The molecule has 0 saturated heterocycles. The molecule has 0 fully saturated rings. The molecular formula is C13H17NO2. The van der Waals surface area contributed by atoms with E-state index < -0.39 is 0 Å². The Bertz CT molecular complexity index is 352. The minimum absolute atomic E-state index is 0.00328. The van der Waals surface area contributed by atoms with Gasteiger partial charge in [-0.05, 0) is 12.1 Å². The Hall–Kier alpha value is -1.51. The van der Waals surface area contributed by atoms with Crippen LogP contribution in [0.4, 0.5) is 0 Å². The molecule has 0 bridgehead atoms. The minimum Gasteiger partial charge on any atom is -0.294 e. The molecule has 0 unspecified atom stereocenters. The number of rotatable bonds is 4. The summed E-state index contributed by atoms with van der Waals surface area (Å²) >= 11 is 0. The first-order chi connectivity index (χ1) is 7.43. The normalized spacial score (nSPS) is 10.9. The maximum absolute atomic E-state index is 11.6. The van der Waals surface area contributed by atoms with Crippen LogP contribution in [-0.2, 0) is 0 Å². The highest BCUT2D eigenvalue weighted by atomic mass is 16.1. The molecule has 86 valence electrons. The second-order valence-corrected chi connectivity index (χ2v) is 4.47. The molecule has 16 heavy (non-hydrogen) atoms. The lowest BCUT2D eigenvalue weighted by atomic mass is 10.0. The third-order valence-electron chi connectivity index (χ3n) is 2.35. The zero-order valence-electron chi connectivity index (χ0n) is 10.2. The van der Waals surface area contributed by atoms with Crippen LogP contribution in [-0.4, -0.2) is 16.6 Å². The van der Waals surface area contributed by atoms with E-state index in [2.05, 4.69) is 4.98 Å². The Morgan fingerprint density at radius 1 is 1.00 bits per heavy atom. The van der Waals surface area contributed by atoms with Gasteiger partial charge in [-0.25, -0.2) is 0 Å². The average Bonchev–Trinajstić information content (AvgIpc) is 2.27. The molecule has 0 radical (unpaired) electrons. The number of Topliss-reactive ketones (excluding diaryl/α,β-unsaturated/α-hetero) is 2. The van der Waals surface area contributed by atoms with Crippen molar-refractivity contribution in [2.24, 2.45) is 11.8 Å². The van der Waals surface area contributed by atoms with E-state index in [0.717, 1.165) is 0 Å². The van der Waals surface area contributed by atoms with Gasteiger partial charge in [0.1, 0.15) is 5.69 Å². The van der Waals surface area contributed by atoms with Crippen molar-refractivity contribution in [2.45, 2.75) is 27.7 Å². The van der Waals surface area contributed by atoms with Crippen LogP contribution in [0.1, 0.15) is 48.5 Å². The van der Waals surface area contributed by atoms with Crippen molar-refractivity contribution in [2.75, 3.05) is 0 Å². The Morgan fingerprint density at radius 2 is 1.56 bits per heavy atom. The lowest BCUT2D eigenvalue weighted by molar-refractivity contribution is 0.0924. The Balaban J connectivity index is 2.92. The van der Waals surface area contributed by atoms with E-state index in [0.29, 0.717) is 11.3 Å². The van der Waals surface area contributed by atoms with Gasteiger partial charge in [-0.3, -0.25) is 14.6 Å². The molecule has 0 amide bonds. The van der Waals surface area contributed by atoms with E-state index in [1.807, 2.05) is 27.7 Å². The Kier molecular flexibility index (Phi) is 3.93. The molecule has 0 spiro atoms. The summed E-state index contributed by atoms with van der Waals surface area (Å²) in [6.45, 7) is 7.35. The van der Waals surface area contributed by atoms with Crippen LogP contribution < -0.4 is 0 Å². The summed E-state index contributed by atoms with van der Waals surface area (Å²) in [7, 11) is 0. The van der Waals surface area contributed by atoms with Crippen molar-refractivity contribution in [1.29, 1.82) is 0 Å². The number of carbonyl (C=O) groups excluding carboxylic acids is 2. The van der Waals surface area contributed by atoms with Crippen LogP contribution in [0, 0.1) is 11.8 Å². The molecular weight excluding hydrogens is 202 g/mol. The summed E-state index contributed by atoms with van der Waals surface area (Å²) in [6, 6.07) is 3.29. The molecule has 1 heterocycles. The fourth-order valence-corrected chi connectivity index (χ4v) is 1.31. The zero-order valence-corrected chi connectivity index (χ0v) is 10.2. The molecule has 1 aromatic rings. The largest absolute Gasteiger partial charge is 0.294 e.